The zero-order valence-corrected chi connectivity index (χ0v) is 11.2. The highest BCUT2D eigenvalue weighted by atomic mass is 35.7. The summed E-state index contributed by atoms with van der Waals surface area (Å²) in [4.78, 5) is 0. The Morgan fingerprint density at radius 3 is 2.33 bits per heavy atom. The van der Waals surface area contributed by atoms with E-state index in [-0.39, 0.29) is 0 Å². The fourth-order valence-corrected chi connectivity index (χ4v) is 3.35. The SMILES string of the molecule is COc1ccc(P(Cl)CCC(C)C)cc1. The van der Waals surface area contributed by atoms with Crippen molar-refractivity contribution in [1.82, 2.24) is 0 Å². The summed E-state index contributed by atoms with van der Waals surface area (Å²) in [6.45, 7) is 4.46. The maximum absolute atomic E-state index is 6.37. The van der Waals surface area contributed by atoms with Crippen molar-refractivity contribution in [1.29, 1.82) is 0 Å². The molecule has 0 spiro atoms. The van der Waals surface area contributed by atoms with Crippen molar-refractivity contribution in [2.24, 2.45) is 5.92 Å². The van der Waals surface area contributed by atoms with Gasteiger partial charge in [-0.25, -0.2) is 0 Å². The summed E-state index contributed by atoms with van der Waals surface area (Å²) >= 11 is 6.37. The third kappa shape index (κ3) is 4.40. The summed E-state index contributed by atoms with van der Waals surface area (Å²) in [7, 11) is 1.17. The fraction of sp³-hybridized carbons (Fsp3) is 0.500. The Labute approximate surface area is 98.3 Å². The van der Waals surface area contributed by atoms with Crippen molar-refractivity contribution in [3.63, 3.8) is 0 Å². The van der Waals surface area contributed by atoms with Crippen molar-refractivity contribution in [2.75, 3.05) is 13.3 Å². The first-order valence-corrected chi connectivity index (χ1v) is 7.64. The lowest BCUT2D eigenvalue weighted by Gasteiger charge is -2.11. The molecule has 0 radical (unpaired) electrons. The van der Waals surface area contributed by atoms with Gasteiger partial charge >= 0.3 is 0 Å². The molecule has 0 saturated carbocycles. The van der Waals surface area contributed by atoms with Gasteiger partial charge in [0, 0.05) is 7.27 Å². The van der Waals surface area contributed by atoms with Gasteiger partial charge in [0.2, 0.25) is 0 Å². The van der Waals surface area contributed by atoms with Crippen LogP contribution in [0.2, 0.25) is 0 Å². The van der Waals surface area contributed by atoms with Gasteiger partial charge in [-0.05, 0) is 48.1 Å². The highest BCUT2D eigenvalue weighted by Crippen LogP contribution is 2.41. The van der Waals surface area contributed by atoms with Gasteiger partial charge in [0.15, 0.2) is 0 Å². The Morgan fingerprint density at radius 1 is 1.27 bits per heavy atom. The van der Waals surface area contributed by atoms with Crippen molar-refractivity contribution in [3.8, 4) is 5.75 Å². The van der Waals surface area contributed by atoms with Gasteiger partial charge in [-0.1, -0.05) is 25.1 Å². The van der Waals surface area contributed by atoms with E-state index in [9.17, 15) is 0 Å². The predicted octanol–water partition coefficient (Wildman–Crippen LogP) is 4.00. The van der Waals surface area contributed by atoms with Crippen LogP contribution in [0.4, 0.5) is 0 Å². The second-order valence-electron chi connectivity index (χ2n) is 3.97. The highest BCUT2D eigenvalue weighted by Gasteiger charge is 2.08. The van der Waals surface area contributed by atoms with Crippen molar-refractivity contribution >= 4 is 23.8 Å². The van der Waals surface area contributed by atoms with E-state index in [1.54, 1.807) is 7.11 Å². The molecular weight excluding hydrogens is 227 g/mol. The molecule has 1 unspecified atom stereocenters. The van der Waals surface area contributed by atoms with Crippen LogP contribution in [0.25, 0.3) is 0 Å². The molecule has 0 bridgehead atoms. The molecule has 0 amide bonds. The lowest BCUT2D eigenvalue weighted by atomic mass is 10.2. The van der Waals surface area contributed by atoms with E-state index in [0.717, 1.165) is 17.8 Å². The zero-order chi connectivity index (χ0) is 11.3. The molecule has 1 rings (SSSR count). The van der Waals surface area contributed by atoms with E-state index < -0.39 is 7.27 Å². The molecule has 1 aromatic carbocycles. The van der Waals surface area contributed by atoms with E-state index in [0.29, 0.717) is 0 Å². The average molecular weight is 245 g/mol. The quantitative estimate of drug-likeness (QED) is 0.712. The lowest BCUT2D eigenvalue weighted by molar-refractivity contribution is 0.415. The van der Waals surface area contributed by atoms with Gasteiger partial charge in [-0.3, -0.25) is 0 Å². The van der Waals surface area contributed by atoms with Crippen LogP contribution in [-0.4, -0.2) is 13.3 Å². The summed E-state index contributed by atoms with van der Waals surface area (Å²) in [6.07, 6.45) is 2.29. The fourth-order valence-electron chi connectivity index (χ4n) is 1.24. The van der Waals surface area contributed by atoms with Gasteiger partial charge in [-0.2, -0.15) is 0 Å². The Bertz CT molecular complexity index is 284. The number of hydrogen-bond donors (Lipinski definition) is 0. The largest absolute Gasteiger partial charge is 0.497 e. The van der Waals surface area contributed by atoms with Gasteiger partial charge in [-0.15, -0.1) is 0 Å². The van der Waals surface area contributed by atoms with Gasteiger partial charge in [0.25, 0.3) is 0 Å². The van der Waals surface area contributed by atoms with Gasteiger partial charge in [0.1, 0.15) is 5.75 Å². The molecule has 0 aliphatic rings. The molecule has 3 heteroatoms. The molecule has 1 atom stereocenters. The molecule has 0 saturated heterocycles. The van der Waals surface area contributed by atoms with Gasteiger partial charge < -0.3 is 4.74 Å². The number of benzene rings is 1. The van der Waals surface area contributed by atoms with Crippen LogP contribution in [-0.2, 0) is 0 Å². The molecule has 1 nitrogen and oxygen atoms in total. The summed E-state index contributed by atoms with van der Waals surface area (Å²) in [5, 5.41) is 1.24. The number of halogens is 1. The second-order valence-corrected chi connectivity index (χ2v) is 6.88. The predicted molar refractivity (Wildman–Crippen MR) is 69.7 cm³/mol. The van der Waals surface area contributed by atoms with E-state index >= 15 is 0 Å². The van der Waals surface area contributed by atoms with Crippen LogP contribution in [0.5, 0.6) is 5.75 Å². The Kier molecular flexibility index (Phi) is 5.42. The minimum Gasteiger partial charge on any atom is -0.497 e. The van der Waals surface area contributed by atoms with Crippen molar-refractivity contribution < 1.29 is 4.74 Å². The maximum Gasteiger partial charge on any atom is 0.118 e. The summed E-state index contributed by atoms with van der Waals surface area (Å²) in [5.41, 5.74) is 0. The van der Waals surface area contributed by atoms with Crippen LogP contribution < -0.4 is 10.0 Å². The minimum absolute atomic E-state index is 0.509. The number of ether oxygens (including phenoxy) is 1. The zero-order valence-electron chi connectivity index (χ0n) is 9.53. The Balaban J connectivity index is 2.54. The molecule has 15 heavy (non-hydrogen) atoms. The first-order valence-electron chi connectivity index (χ1n) is 5.21. The first-order chi connectivity index (χ1) is 7.13. The van der Waals surface area contributed by atoms with Crippen LogP contribution in [0.1, 0.15) is 20.3 Å². The normalized spacial score (nSPS) is 12.9. The van der Waals surface area contributed by atoms with Crippen molar-refractivity contribution in [2.45, 2.75) is 20.3 Å². The molecule has 0 N–H and O–H groups in total. The van der Waals surface area contributed by atoms with Crippen LogP contribution in [0, 0.1) is 5.92 Å². The van der Waals surface area contributed by atoms with E-state index in [4.69, 9.17) is 16.0 Å². The molecular formula is C12H18ClOP. The molecule has 0 aromatic heterocycles. The molecule has 1 aromatic rings. The second kappa shape index (κ2) is 6.35. The third-order valence-electron chi connectivity index (χ3n) is 2.26. The minimum atomic E-state index is -0.509. The first kappa shape index (κ1) is 12.8. The maximum atomic E-state index is 6.37. The van der Waals surface area contributed by atoms with Crippen LogP contribution in [0.15, 0.2) is 24.3 Å². The molecule has 0 heterocycles. The summed E-state index contributed by atoms with van der Waals surface area (Å²) in [5.74, 6) is 1.62. The molecule has 84 valence electrons. The molecule has 0 fully saturated rings. The topological polar surface area (TPSA) is 9.23 Å². The number of rotatable bonds is 5. The average Bonchev–Trinajstić information content (AvgIpc) is 2.26. The van der Waals surface area contributed by atoms with Crippen LogP contribution >= 0.6 is 18.5 Å². The molecule has 0 aliphatic heterocycles. The monoisotopic (exact) mass is 244 g/mol. The number of methoxy groups -OCH3 is 1. The Hall–Kier alpha value is -0.260. The van der Waals surface area contributed by atoms with E-state index in [1.165, 1.54) is 11.7 Å². The summed E-state index contributed by atoms with van der Waals surface area (Å²) < 4.78 is 5.11. The van der Waals surface area contributed by atoms with Crippen molar-refractivity contribution in [3.05, 3.63) is 24.3 Å². The standard InChI is InChI=1S/C12H18ClOP/c1-10(2)8-9-15(13)12-6-4-11(14-3)5-7-12/h4-7,10H,8-9H2,1-3H3. The smallest absolute Gasteiger partial charge is 0.118 e. The van der Waals surface area contributed by atoms with Gasteiger partial charge in [0.05, 0.1) is 7.11 Å². The lowest BCUT2D eigenvalue weighted by Crippen LogP contribution is -2.01. The molecule has 0 aliphatic carbocycles. The van der Waals surface area contributed by atoms with E-state index in [2.05, 4.69) is 26.0 Å². The third-order valence-corrected chi connectivity index (χ3v) is 4.86. The Morgan fingerprint density at radius 2 is 1.87 bits per heavy atom. The number of hydrogen-bond acceptors (Lipinski definition) is 1. The van der Waals surface area contributed by atoms with Crippen LogP contribution in [0.3, 0.4) is 0 Å². The van der Waals surface area contributed by atoms with E-state index in [1.807, 2.05) is 12.1 Å². The summed E-state index contributed by atoms with van der Waals surface area (Å²) in [6, 6.07) is 8.08. The highest BCUT2D eigenvalue weighted by molar-refractivity contribution is 7.89.